The number of carbonyl (C=O) groups is 1. The molecule has 190 valence electrons. The summed E-state index contributed by atoms with van der Waals surface area (Å²) in [6.45, 7) is 3.69. The van der Waals surface area contributed by atoms with Gasteiger partial charge in [0.15, 0.2) is 4.80 Å². The van der Waals surface area contributed by atoms with Crippen LogP contribution in [0.2, 0.25) is 0 Å². The average Bonchev–Trinajstić information content (AvgIpc) is 3.23. The van der Waals surface area contributed by atoms with Gasteiger partial charge in [-0.2, -0.15) is 10.2 Å². The highest BCUT2D eigenvalue weighted by molar-refractivity contribution is 7.07. The van der Waals surface area contributed by atoms with Crippen molar-refractivity contribution in [2.75, 3.05) is 6.61 Å². The van der Waals surface area contributed by atoms with Crippen molar-refractivity contribution in [3.8, 4) is 5.75 Å². The molecule has 4 aromatic rings. The molecule has 0 amide bonds. The fraction of sp³-hybridized carbons (Fsp3) is 0.138. The van der Waals surface area contributed by atoms with Gasteiger partial charge in [-0.05, 0) is 49.8 Å². The summed E-state index contributed by atoms with van der Waals surface area (Å²) < 4.78 is 7.20. The number of rotatable bonds is 6. The summed E-state index contributed by atoms with van der Waals surface area (Å²) in [5.41, 5.74) is 2.91. The third kappa shape index (κ3) is 4.96. The fourth-order valence-electron chi connectivity index (χ4n) is 4.21. The van der Waals surface area contributed by atoms with Gasteiger partial charge in [0.1, 0.15) is 5.75 Å². The molecular formula is C29H24N4O4S. The van der Waals surface area contributed by atoms with Crippen LogP contribution < -0.4 is 14.9 Å². The minimum atomic E-state index is -0.678. The summed E-state index contributed by atoms with van der Waals surface area (Å²) in [4.78, 5) is 31.6. The SMILES string of the molecule is CCOC(=O)C1=C(C)N=c2s/c(=C\c3ccc(N=Nc4ccccc4)cc3O)c(=O)n2[C@H]1c1ccccc1. The Hall–Kier alpha value is -4.63. The van der Waals surface area contributed by atoms with Crippen LogP contribution in [0.25, 0.3) is 6.08 Å². The number of azo groups is 1. The molecule has 0 spiro atoms. The Kier molecular flexibility index (Phi) is 7.10. The summed E-state index contributed by atoms with van der Waals surface area (Å²) in [6.07, 6.45) is 1.61. The quantitative estimate of drug-likeness (QED) is 0.285. The number of hydrogen-bond donors (Lipinski definition) is 1. The van der Waals surface area contributed by atoms with Crippen molar-refractivity contribution in [2.45, 2.75) is 19.9 Å². The van der Waals surface area contributed by atoms with Crippen molar-refractivity contribution in [3.63, 3.8) is 0 Å². The smallest absolute Gasteiger partial charge is 0.338 e. The van der Waals surface area contributed by atoms with E-state index in [4.69, 9.17) is 4.74 Å². The number of allylic oxidation sites excluding steroid dienone is 1. The van der Waals surface area contributed by atoms with Gasteiger partial charge >= 0.3 is 5.97 Å². The predicted molar refractivity (Wildman–Crippen MR) is 146 cm³/mol. The van der Waals surface area contributed by atoms with Crippen LogP contribution >= 0.6 is 11.3 Å². The molecule has 1 aliphatic rings. The first-order valence-corrected chi connectivity index (χ1v) is 12.8. The second-order valence-electron chi connectivity index (χ2n) is 8.49. The molecule has 9 heteroatoms. The topological polar surface area (TPSA) is 106 Å². The highest BCUT2D eigenvalue weighted by atomic mass is 32.1. The number of aromatic nitrogens is 1. The molecule has 0 saturated heterocycles. The zero-order valence-corrected chi connectivity index (χ0v) is 21.6. The molecule has 1 aliphatic heterocycles. The monoisotopic (exact) mass is 524 g/mol. The van der Waals surface area contributed by atoms with Crippen LogP contribution in [0.4, 0.5) is 11.4 Å². The van der Waals surface area contributed by atoms with Crippen LogP contribution in [0.3, 0.4) is 0 Å². The van der Waals surface area contributed by atoms with Gasteiger partial charge < -0.3 is 9.84 Å². The zero-order valence-electron chi connectivity index (χ0n) is 20.7. The number of aromatic hydroxyl groups is 1. The molecule has 5 rings (SSSR count). The lowest BCUT2D eigenvalue weighted by molar-refractivity contribution is -0.139. The van der Waals surface area contributed by atoms with Gasteiger partial charge in [-0.3, -0.25) is 9.36 Å². The number of nitrogens with zero attached hydrogens (tertiary/aromatic N) is 4. The summed E-state index contributed by atoms with van der Waals surface area (Å²) in [5.74, 6) is -0.543. The summed E-state index contributed by atoms with van der Waals surface area (Å²) in [6, 6.07) is 22.8. The van der Waals surface area contributed by atoms with Gasteiger partial charge in [-0.15, -0.1) is 0 Å². The number of phenolic OH excluding ortho intramolecular Hbond substituents is 1. The van der Waals surface area contributed by atoms with Crippen LogP contribution in [-0.2, 0) is 9.53 Å². The van der Waals surface area contributed by atoms with E-state index in [0.29, 0.717) is 37.5 Å². The number of phenols is 1. The Morgan fingerprint density at radius 3 is 2.42 bits per heavy atom. The van der Waals surface area contributed by atoms with E-state index in [1.165, 1.54) is 22.0 Å². The maximum absolute atomic E-state index is 13.7. The van der Waals surface area contributed by atoms with E-state index < -0.39 is 12.0 Å². The van der Waals surface area contributed by atoms with Crippen molar-refractivity contribution >= 4 is 34.8 Å². The van der Waals surface area contributed by atoms with Gasteiger partial charge in [0.2, 0.25) is 0 Å². The number of fused-ring (bicyclic) bond motifs is 1. The number of carbonyl (C=O) groups excluding carboxylic acids is 1. The molecule has 38 heavy (non-hydrogen) atoms. The first-order valence-electron chi connectivity index (χ1n) is 12.0. The Labute approximate surface area is 222 Å². The lowest BCUT2D eigenvalue weighted by Crippen LogP contribution is -2.39. The number of thiazole rings is 1. The second kappa shape index (κ2) is 10.8. The van der Waals surface area contributed by atoms with Crippen molar-refractivity contribution in [1.82, 2.24) is 4.57 Å². The van der Waals surface area contributed by atoms with Crippen molar-refractivity contribution in [2.24, 2.45) is 15.2 Å². The van der Waals surface area contributed by atoms with Crippen LogP contribution in [0.1, 0.15) is 31.0 Å². The highest BCUT2D eigenvalue weighted by Gasteiger charge is 2.33. The van der Waals surface area contributed by atoms with Crippen molar-refractivity contribution < 1.29 is 14.6 Å². The Morgan fingerprint density at radius 1 is 1.05 bits per heavy atom. The summed E-state index contributed by atoms with van der Waals surface area (Å²) in [7, 11) is 0. The molecule has 0 aliphatic carbocycles. The molecule has 0 fully saturated rings. The molecule has 1 aromatic heterocycles. The molecule has 0 saturated carbocycles. The summed E-state index contributed by atoms with van der Waals surface area (Å²) in [5, 5.41) is 19.0. The highest BCUT2D eigenvalue weighted by Crippen LogP contribution is 2.31. The van der Waals surface area contributed by atoms with E-state index >= 15 is 0 Å². The third-order valence-electron chi connectivity index (χ3n) is 5.97. The molecule has 0 radical (unpaired) electrons. The van der Waals surface area contributed by atoms with E-state index in [1.54, 1.807) is 32.1 Å². The first kappa shape index (κ1) is 25.0. The average molecular weight is 525 g/mol. The molecule has 0 bridgehead atoms. The van der Waals surface area contributed by atoms with E-state index in [9.17, 15) is 14.7 Å². The Bertz CT molecular complexity index is 1740. The summed E-state index contributed by atoms with van der Waals surface area (Å²) >= 11 is 1.20. The Balaban J connectivity index is 1.57. The Morgan fingerprint density at radius 2 is 1.74 bits per heavy atom. The standard InChI is InChI=1S/C29H24N4O4S/c1-3-37-28(36)25-18(2)30-29-33(26(25)19-10-6-4-7-11-19)27(35)24(38-29)16-20-14-15-22(17-23(20)34)32-31-21-12-8-5-9-13-21/h4-17,26,34H,3H2,1-2H3/b24-16-,32-31?/t26-/m0/s1. The van der Waals surface area contributed by atoms with Crippen molar-refractivity contribution in [1.29, 1.82) is 0 Å². The van der Waals surface area contributed by atoms with Gasteiger partial charge in [-0.1, -0.05) is 59.9 Å². The largest absolute Gasteiger partial charge is 0.507 e. The molecule has 0 unspecified atom stereocenters. The number of hydrogen-bond acceptors (Lipinski definition) is 8. The second-order valence-corrected chi connectivity index (χ2v) is 9.50. The van der Waals surface area contributed by atoms with Gasteiger partial charge in [0, 0.05) is 11.6 Å². The lowest BCUT2D eigenvalue weighted by Gasteiger charge is -2.24. The van der Waals surface area contributed by atoms with Crippen LogP contribution in [0, 0.1) is 0 Å². The minimum Gasteiger partial charge on any atom is -0.507 e. The molecule has 1 atom stereocenters. The lowest BCUT2D eigenvalue weighted by atomic mass is 9.96. The maximum Gasteiger partial charge on any atom is 0.338 e. The van der Waals surface area contributed by atoms with Gasteiger partial charge in [0.25, 0.3) is 5.56 Å². The predicted octanol–water partition coefficient (Wildman–Crippen LogP) is 4.92. The minimum absolute atomic E-state index is 0.0386. The number of ether oxygens (including phenoxy) is 1. The number of benzene rings is 3. The van der Waals surface area contributed by atoms with Gasteiger partial charge in [0.05, 0.1) is 39.8 Å². The van der Waals surface area contributed by atoms with E-state index in [0.717, 1.165) is 5.56 Å². The van der Waals surface area contributed by atoms with Gasteiger partial charge in [-0.25, -0.2) is 9.79 Å². The van der Waals surface area contributed by atoms with E-state index in [-0.39, 0.29) is 17.9 Å². The molecular weight excluding hydrogens is 500 g/mol. The normalized spacial score (nSPS) is 15.4. The third-order valence-corrected chi connectivity index (χ3v) is 6.95. The number of esters is 1. The zero-order chi connectivity index (χ0) is 26.6. The van der Waals surface area contributed by atoms with E-state index in [1.807, 2.05) is 60.7 Å². The van der Waals surface area contributed by atoms with Crippen LogP contribution in [-0.4, -0.2) is 22.2 Å². The molecule has 1 N–H and O–H groups in total. The fourth-order valence-corrected chi connectivity index (χ4v) is 5.25. The van der Waals surface area contributed by atoms with Crippen LogP contribution in [0.5, 0.6) is 5.75 Å². The van der Waals surface area contributed by atoms with Crippen molar-refractivity contribution in [3.05, 3.63) is 121 Å². The molecule has 8 nitrogen and oxygen atoms in total. The molecule has 2 heterocycles. The molecule has 3 aromatic carbocycles. The van der Waals surface area contributed by atoms with Crippen LogP contribution in [0.15, 0.2) is 110 Å². The maximum atomic E-state index is 13.7. The van der Waals surface area contributed by atoms with E-state index in [2.05, 4.69) is 15.2 Å². The first-order chi connectivity index (χ1) is 18.5.